The Hall–Kier alpha value is -3.57. The van der Waals surface area contributed by atoms with Gasteiger partial charge in [0.05, 0.1) is 31.4 Å². The van der Waals surface area contributed by atoms with Crippen molar-refractivity contribution in [3.63, 3.8) is 0 Å². The Morgan fingerprint density at radius 2 is 1.76 bits per heavy atom. The van der Waals surface area contributed by atoms with Gasteiger partial charge in [-0.15, -0.1) is 0 Å². The van der Waals surface area contributed by atoms with Gasteiger partial charge in [-0.1, -0.05) is 24.3 Å². The van der Waals surface area contributed by atoms with Gasteiger partial charge in [0, 0.05) is 51.7 Å². The molecule has 3 aromatic rings. The van der Waals surface area contributed by atoms with Crippen molar-refractivity contribution in [3.05, 3.63) is 66.1 Å². The van der Waals surface area contributed by atoms with Gasteiger partial charge in [-0.25, -0.2) is 9.78 Å². The Bertz CT molecular complexity index is 1240. The summed E-state index contributed by atoms with van der Waals surface area (Å²) < 4.78 is 51.3. The van der Waals surface area contributed by atoms with Gasteiger partial charge in [0.2, 0.25) is 0 Å². The first-order chi connectivity index (χ1) is 18.2. The first-order valence-corrected chi connectivity index (χ1v) is 12.2. The second-order valence-electron chi connectivity index (χ2n) is 9.15. The second kappa shape index (κ2) is 11.4. The maximum Gasteiger partial charge on any atom is 0.490 e. The van der Waals surface area contributed by atoms with Crippen LogP contribution in [0.15, 0.2) is 54.9 Å². The summed E-state index contributed by atoms with van der Waals surface area (Å²) >= 11 is 0. The van der Waals surface area contributed by atoms with E-state index in [9.17, 15) is 13.2 Å². The minimum atomic E-state index is -5.08. The number of hydrogen-bond donors (Lipinski definition) is 1. The molecular formula is C27H30F3N3O5. The number of ether oxygens (including phenoxy) is 3. The van der Waals surface area contributed by atoms with E-state index in [0.717, 1.165) is 61.8 Å². The van der Waals surface area contributed by atoms with Gasteiger partial charge in [-0.2, -0.15) is 13.2 Å². The van der Waals surface area contributed by atoms with E-state index in [4.69, 9.17) is 29.1 Å². The molecule has 0 aliphatic carbocycles. The SMILES string of the molecule is COCCn1cnc2c1C1(CCN(Cc3ccc(OC)cc3)CC1)Oc1ccccc1-2.O=C(O)C(F)(F)F. The van der Waals surface area contributed by atoms with Crippen molar-refractivity contribution in [1.29, 1.82) is 0 Å². The number of carbonyl (C=O) groups is 1. The third-order valence-electron chi connectivity index (χ3n) is 6.72. The van der Waals surface area contributed by atoms with Gasteiger partial charge in [0.1, 0.15) is 11.5 Å². The van der Waals surface area contributed by atoms with Crippen LogP contribution in [0.5, 0.6) is 11.5 Å². The van der Waals surface area contributed by atoms with Crippen molar-refractivity contribution < 1.29 is 37.3 Å². The number of methoxy groups -OCH3 is 2. The lowest BCUT2D eigenvalue weighted by atomic mass is 9.83. The maximum absolute atomic E-state index is 10.6. The number of carboxylic acid groups (broad SMARTS) is 1. The molecule has 11 heteroatoms. The maximum atomic E-state index is 10.6. The molecule has 0 radical (unpaired) electrons. The van der Waals surface area contributed by atoms with Crippen LogP contribution < -0.4 is 9.47 Å². The quantitative estimate of drug-likeness (QED) is 0.491. The highest BCUT2D eigenvalue weighted by atomic mass is 19.4. The average Bonchev–Trinajstić information content (AvgIpc) is 3.34. The van der Waals surface area contributed by atoms with Crippen molar-refractivity contribution in [1.82, 2.24) is 14.5 Å². The van der Waals surface area contributed by atoms with Crippen LogP contribution in [0.3, 0.4) is 0 Å². The largest absolute Gasteiger partial charge is 0.497 e. The number of benzene rings is 2. The molecule has 2 aromatic carbocycles. The molecule has 1 fully saturated rings. The first-order valence-electron chi connectivity index (χ1n) is 12.2. The zero-order chi connectivity index (χ0) is 27.3. The molecule has 3 heterocycles. The van der Waals surface area contributed by atoms with E-state index in [1.54, 1.807) is 14.2 Å². The fraction of sp³-hybridized carbons (Fsp3) is 0.407. The minimum Gasteiger partial charge on any atom is -0.497 e. The zero-order valence-electron chi connectivity index (χ0n) is 21.2. The molecule has 1 spiro atoms. The van der Waals surface area contributed by atoms with Gasteiger partial charge in [0.15, 0.2) is 5.60 Å². The van der Waals surface area contributed by atoms with E-state index >= 15 is 0 Å². The number of aliphatic carboxylic acids is 1. The summed E-state index contributed by atoms with van der Waals surface area (Å²) in [6.07, 6.45) is -1.27. The number of aromatic nitrogens is 2. The third kappa shape index (κ3) is 5.94. The molecule has 2 aliphatic rings. The molecule has 8 nitrogen and oxygen atoms in total. The number of imidazole rings is 1. The fourth-order valence-electron chi connectivity index (χ4n) is 4.83. The monoisotopic (exact) mass is 533 g/mol. The topological polar surface area (TPSA) is 86.0 Å². The van der Waals surface area contributed by atoms with Crippen molar-refractivity contribution in [3.8, 4) is 22.8 Å². The van der Waals surface area contributed by atoms with Crippen molar-refractivity contribution in [2.24, 2.45) is 0 Å². The number of rotatable bonds is 6. The number of halogens is 3. The second-order valence-corrected chi connectivity index (χ2v) is 9.15. The van der Waals surface area contributed by atoms with Crippen molar-refractivity contribution in [2.75, 3.05) is 33.9 Å². The summed E-state index contributed by atoms with van der Waals surface area (Å²) in [5, 5.41) is 7.12. The number of hydrogen-bond acceptors (Lipinski definition) is 6. The third-order valence-corrected chi connectivity index (χ3v) is 6.72. The molecule has 0 unspecified atom stereocenters. The molecule has 38 heavy (non-hydrogen) atoms. The Morgan fingerprint density at radius 1 is 1.11 bits per heavy atom. The van der Waals surface area contributed by atoms with Crippen LogP contribution in [0.4, 0.5) is 13.2 Å². The van der Waals surface area contributed by atoms with Crippen molar-refractivity contribution >= 4 is 5.97 Å². The molecule has 204 valence electrons. The summed E-state index contributed by atoms with van der Waals surface area (Å²) in [7, 11) is 3.44. The van der Waals surface area contributed by atoms with Gasteiger partial charge < -0.3 is 23.9 Å². The number of alkyl halides is 3. The van der Waals surface area contributed by atoms with Gasteiger partial charge in [-0.3, -0.25) is 4.90 Å². The first kappa shape index (κ1) is 27.5. The molecule has 0 bridgehead atoms. The van der Waals surface area contributed by atoms with Crippen LogP contribution in [0.25, 0.3) is 11.3 Å². The smallest absolute Gasteiger partial charge is 0.490 e. The molecule has 0 saturated carbocycles. The van der Waals surface area contributed by atoms with Crippen LogP contribution in [-0.2, 0) is 28.2 Å². The zero-order valence-corrected chi connectivity index (χ0v) is 21.2. The molecule has 1 saturated heterocycles. The average molecular weight is 534 g/mol. The van der Waals surface area contributed by atoms with Gasteiger partial charge in [0.25, 0.3) is 0 Å². The van der Waals surface area contributed by atoms with E-state index in [-0.39, 0.29) is 5.60 Å². The van der Waals surface area contributed by atoms with E-state index in [0.29, 0.717) is 6.61 Å². The standard InChI is InChI=1S/C25H29N3O3.C2HF3O2/c1-29-16-15-28-18-26-23-21-5-3-4-6-22(21)31-25(24(23)28)11-13-27(14-12-25)17-19-7-9-20(30-2)10-8-19;3-2(4,5)1(6)7/h3-10,18H,11-17H2,1-2H3;(H,6,7). The molecule has 1 aromatic heterocycles. The van der Waals surface area contributed by atoms with E-state index in [1.807, 2.05) is 24.5 Å². The summed E-state index contributed by atoms with van der Waals surface area (Å²) in [6.45, 7) is 4.32. The lowest BCUT2D eigenvalue weighted by molar-refractivity contribution is -0.192. The number of fused-ring (bicyclic) bond motifs is 4. The van der Waals surface area contributed by atoms with Crippen LogP contribution in [0.1, 0.15) is 24.1 Å². The normalized spacial score (nSPS) is 16.0. The summed E-state index contributed by atoms with van der Waals surface area (Å²) in [5.41, 5.74) is 4.30. The molecule has 2 aliphatic heterocycles. The van der Waals surface area contributed by atoms with Gasteiger partial charge >= 0.3 is 12.1 Å². The van der Waals surface area contributed by atoms with E-state index < -0.39 is 12.1 Å². The Morgan fingerprint density at radius 3 is 2.37 bits per heavy atom. The van der Waals surface area contributed by atoms with Gasteiger partial charge in [-0.05, 0) is 29.8 Å². The van der Waals surface area contributed by atoms with Crippen LogP contribution in [-0.4, -0.2) is 65.6 Å². The predicted octanol–water partition coefficient (Wildman–Crippen LogP) is 4.72. The molecular weight excluding hydrogens is 503 g/mol. The summed E-state index contributed by atoms with van der Waals surface area (Å²) in [5.74, 6) is -0.921. The number of likely N-dealkylation sites (tertiary alicyclic amines) is 1. The highest BCUT2D eigenvalue weighted by molar-refractivity contribution is 5.73. The molecule has 5 rings (SSSR count). The summed E-state index contributed by atoms with van der Waals surface area (Å²) in [4.78, 5) is 16.2. The molecule has 0 atom stereocenters. The van der Waals surface area contributed by atoms with Crippen LogP contribution in [0, 0.1) is 0 Å². The number of carboxylic acids is 1. The molecule has 0 amide bonds. The Labute approximate surface area is 218 Å². The van der Waals surface area contributed by atoms with Crippen molar-refractivity contribution in [2.45, 2.75) is 37.7 Å². The van der Waals surface area contributed by atoms with E-state index in [2.05, 4.69) is 39.8 Å². The lowest BCUT2D eigenvalue weighted by Crippen LogP contribution is -2.48. The molecule has 1 N–H and O–H groups in total. The van der Waals surface area contributed by atoms with Crippen LogP contribution >= 0.6 is 0 Å². The lowest BCUT2D eigenvalue weighted by Gasteiger charge is -2.44. The summed E-state index contributed by atoms with van der Waals surface area (Å²) in [6, 6.07) is 16.6. The van der Waals surface area contributed by atoms with Crippen LogP contribution in [0.2, 0.25) is 0 Å². The Kier molecular flexibility index (Phi) is 8.27. The highest BCUT2D eigenvalue weighted by Gasteiger charge is 2.46. The fourth-order valence-corrected chi connectivity index (χ4v) is 4.83. The predicted molar refractivity (Wildman–Crippen MR) is 133 cm³/mol. The number of para-hydroxylation sites is 1. The number of nitrogens with zero attached hydrogens (tertiary/aromatic N) is 3. The highest BCUT2D eigenvalue weighted by Crippen LogP contribution is 2.49. The Balaban J connectivity index is 0.000000426. The number of piperidine rings is 1. The minimum absolute atomic E-state index is 0.343. The van der Waals surface area contributed by atoms with E-state index in [1.165, 1.54) is 11.3 Å².